The molecule has 1 heterocycles. The molecule has 4 nitrogen and oxygen atoms in total. The van der Waals surface area contributed by atoms with E-state index in [9.17, 15) is 37.0 Å². The molecular formula is C31H37F5O4. The van der Waals surface area contributed by atoms with E-state index in [0.29, 0.717) is 25.2 Å². The van der Waals surface area contributed by atoms with Gasteiger partial charge >= 0.3 is 12.1 Å². The Kier molecular flexibility index (Phi) is 10.6. The van der Waals surface area contributed by atoms with E-state index in [1.165, 1.54) is 0 Å². The Morgan fingerprint density at radius 3 is 2.23 bits per heavy atom. The lowest BCUT2D eigenvalue weighted by molar-refractivity contribution is -0.284. The fourth-order valence-electron chi connectivity index (χ4n) is 5.25. The van der Waals surface area contributed by atoms with Gasteiger partial charge in [0.1, 0.15) is 23.0 Å². The van der Waals surface area contributed by atoms with Gasteiger partial charge in [-0.25, -0.2) is 0 Å². The summed E-state index contributed by atoms with van der Waals surface area (Å²) < 4.78 is 68.3. The molecule has 0 spiro atoms. The quantitative estimate of drug-likeness (QED) is 0.136. The molecule has 0 saturated heterocycles. The SMILES string of the molecule is CC1COc2cc(O)ccc2C1(C=CCCCCCCC(=O)CCCCC(F)(F)C(F)(F)F)c1ccc(O)cc1. The number of allylic oxidation sites excluding steroid dienone is 2. The maximum atomic E-state index is 12.9. The second kappa shape index (κ2) is 13.5. The Hall–Kier alpha value is -3.10. The van der Waals surface area contributed by atoms with Crippen LogP contribution >= 0.6 is 0 Å². The maximum Gasteiger partial charge on any atom is 0.453 e. The van der Waals surface area contributed by atoms with Crippen LogP contribution in [0, 0.1) is 5.92 Å². The van der Waals surface area contributed by atoms with E-state index in [2.05, 4.69) is 19.1 Å². The van der Waals surface area contributed by atoms with Crippen LogP contribution in [0.4, 0.5) is 22.0 Å². The van der Waals surface area contributed by atoms with Crippen molar-refractivity contribution in [2.45, 2.75) is 88.6 Å². The fourth-order valence-corrected chi connectivity index (χ4v) is 5.25. The molecule has 0 fully saturated rings. The van der Waals surface area contributed by atoms with Crippen molar-refractivity contribution in [1.82, 2.24) is 0 Å². The molecule has 0 amide bonds. The van der Waals surface area contributed by atoms with E-state index in [-0.39, 0.29) is 42.5 Å². The number of ketones is 1. The van der Waals surface area contributed by atoms with E-state index in [4.69, 9.17) is 4.74 Å². The third-order valence-electron chi connectivity index (χ3n) is 7.59. The van der Waals surface area contributed by atoms with Gasteiger partial charge in [0, 0.05) is 42.2 Å². The van der Waals surface area contributed by atoms with E-state index < -0.39 is 23.9 Å². The van der Waals surface area contributed by atoms with Crippen molar-refractivity contribution in [2.24, 2.45) is 5.92 Å². The average molecular weight is 569 g/mol. The largest absolute Gasteiger partial charge is 0.508 e. The lowest BCUT2D eigenvalue weighted by atomic mass is 9.65. The monoisotopic (exact) mass is 568 g/mol. The Morgan fingerprint density at radius 1 is 0.925 bits per heavy atom. The van der Waals surface area contributed by atoms with Crippen molar-refractivity contribution in [2.75, 3.05) is 6.61 Å². The Balaban J connectivity index is 1.47. The Bertz CT molecular complexity index is 1140. The number of fused-ring (bicyclic) bond motifs is 1. The second-order valence-corrected chi connectivity index (χ2v) is 10.6. The number of Topliss-reactive ketones (excluding diaryl/α,β-unsaturated/α-hetero) is 1. The lowest BCUT2D eigenvalue weighted by Crippen LogP contribution is -2.40. The van der Waals surface area contributed by atoms with E-state index in [1.54, 1.807) is 24.3 Å². The molecule has 0 radical (unpaired) electrons. The molecule has 0 aromatic heterocycles. The number of alkyl halides is 5. The van der Waals surface area contributed by atoms with E-state index in [1.807, 2.05) is 18.2 Å². The van der Waals surface area contributed by atoms with Crippen molar-refractivity contribution >= 4 is 5.78 Å². The van der Waals surface area contributed by atoms with Crippen molar-refractivity contribution in [1.29, 1.82) is 0 Å². The summed E-state index contributed by atoms with van der Waals surface area (Å²) in [6.45, 7) is 2.56. The molecule has 2 unspecified atom stereocenters. The van der Waals surface area contributed by atoms with Crippen LogP contribution in [0.2, 0.25) is 0 Å². The summed E-state index contributed by atoms with van der Waals surface area (Å²) in [5.41, 5.74) is 1.43. The predicted molar refractivity (Wildman–Crippen MR) is 143 cm³/mol. The third kappa shape index (κ3) is 7.76. The summed E-state index contributed by atoms with van der Waals surface area (Å²) in [4.78, 5) is 12.0. The number of phenolic OH excluding ortho intramolecular Hbond substituents is 2. The zero-order chi connectivity index (χ0) is 29.4. The van der Waals surface area contributed by atoms with Crippen LogP contribution in [0.25, 0.3) is 0 Å². The van der Waals surface area contributed by atoms with Crippen LogP contribution in [0.15, 0.2) is 54.6 Å². The second-order valence-electron chi connectivity index (χ2n) is 10.6. The lowest BCUT2D eigenvalue weighted by Gasteiger charge is -2.42. The minimum absolute atomic E-state index is 0.0250. The number of hydrogen-bond donors (Lipinski definition) is 2. The summed E-state index contributed by atoms with van der Waals surface area (Å²) in [6, 6.07) is 12.2. The molecule has 0 saturated carbocycles. The molecule has 0 aliphatic carbocycles. The molecule has 1 aliphatic heterocycles. The number of carbonyl (C=O) groups excluding carboxylic acids is 1. The number of halogens is 5. The molecule has 2 atom stereocenters. The Labute approximate surface area is 231 Å². The van der Waals surface area contributed by atoms with Gasteiger partial charge in [-0.15, -0.1) is 0 Å². The molecule has 9 heteroatoms. The highest BCUT2D eigenvalue weighted by atomic mass is 19.4. The number of hydrogen-bond acceptors (Lipinski definition) is 4. The zero-order valence-corrected chi connectivity index (χ0v) is 22.7. The highest BCUT2D eigenvalue weighted by Crippen LogP contribution is 2.49. The third-order valence-corrected chi connectivity index (χ3v) is 7.59. The first-order valence-electron chi connectivity index (χ1n) is 13.8. The molecule has 2 N–H and O–H groups in total. The summed E-state index contributed by atoms with van der Waals surface area (Å²) in [5.74, 6) is -3.81. The summed E-state index contributed by atoms with van der Waals surface area (Å²) in [5, 5.41) is 19.8. The van der Waals surface area contributed by atoms with Gasteiger partial charge in [0.05, 0.1) is 6.61 Å². The first-order valence-corrected chi connectivity index (χ1v) is 13.8. The van der Waals surface area contributed by atoms with Crippen LogP contribution in [-0.4, -0.2) is 34.7 Å². The summed E-state index contributed by atoms with van der Waals surface area (Å²) in [6.07, 6.45) is 1.57. The molecule has 220 valence electrons. The van der Waals surface area contributed by atoms with Gasteiger partial charge in [0.2, 0.25) is 0 Å². The summed E-state index contributed by atoms with van der Waals surface area (Å²) in [7, 11) is 0. The number of rotatable bonds is 14. The number of phenols is 2. The highest BCUT2D eigenvalue weighted by Gasteiger charge is 2.56. The molecule has 1 aliphatic rings. The van der Waals surface area contributed by atoms with E-state index >= 15 is 0 Å². The van der Waals surface area contributed by atoms with Gasteiger partial charge in [0.25, 0.3) is 0 Å². The van der Waals surface area contributed by atoms with Crippen LogP contribution in [0.1, 0.15) is 82.3 Å². The minimum Gasteiger partial charge on any atom is -0.508 e. The topological polar surface area (TPSA) is 66.8 Å². The Morgan fingerprint density at radius 2 is 1.55 bits per heavy atom. The van der Waals surface area contributed by atoms with Crippen LogP contribution in [-0.2, 0) is 10.2 Å². The van der Waals surface area contributed by atoms with Gasteiger partial charge in [-0.1, -0.05) is 50.1 Å². The van der Waals surface area contributed by atoms with Crippen LogP contribution in [0.5, 0.6) is 17.2 Å². The van der Waals surface area contributed by atoms with Gasteiger partial charge in [-0.05, 0) is 55.9 Å². The van der Waals surface area contributed by atoms with Crippen molar-refractivity contribution in [3.63, 3.8) is 0 Å². The smallest absolute Gasteiger partial charge is 0.453 e. The van der Waals surface area contributed by atoms with Crippen LogP contribution in [0.3, 0.4) is 0 Å². The van der Waals surface area contributed by atoms with Gasteiger partial charge in [0.15, 0.2) is 0 Å². The predicted octanol–water partition coefficient (Wildman–Crippen LogP) is 8.64. The number of unbranched alkanes of at least 4 members (excludes halogenated alkanes) is 5. The molecule has 40 heavy (non-hydrogen) atoms. The minimum atomic E-state index is -5.55. The summed E-state index contributed by atoms with van der Waals surface area (Å²) >= 11 is 0. The average Bonchev–Trinajstić information content (AvgIpc) is 2.89. The fraction of sp³-hybridized carbons (Fsp3) is 0.516. The zero-order valence-electron chi connectivity index (χ0n) is 22.7. The molecule has 2 aromatic carbocycles. The maximum absolute atomic E-state index is 12.9. The van der Waals surface area contributed by atoms with Crippen molar-refractivity contribution < 1.29 is 41.7 Å². The number of carbonyl (C=O) groups is 1. The number of aromatic hydroxyl groups is 2. The first-order chi connectivity index (χ1) is 18.9. The van der Waals surface area contributed by atoms with E-state index in [0.717, 1.165) is 36.8 Å². The van der Waals surface area contributed by atoms with Gasteiger partial charge in [-0.2, -0.15) is 22.0 Å². The molecule has 0 bridgehead atoms. The molecular weight excluding hydrogens is 531 g/mol. The number of ether oxygens (including phenoxy) is 1. The first kappa shape index (κ1) is 31.4. The van der Waals surface area contributed by atoms with Gasteiger partial charge < -0.3 is 14.9 Å². The van der Waals surface area contributed by atoms with Gasteiger partial charge in [-0.3, -0.25) is 4.79 Å². The normalized spacial score (nSPS) is 19.4. The highest BCUT2D eigenvalue weighted by molar-refractivity contribution is 5.78. The molecule has 3 rings (SSSR count). The standard InChI is InChI=1S/C31H37F5O4/c1-22-21-40-28-20-26(39)16-17-27(28)29(22,23-12-14-25(38)15-13-23)18-8-5-3-2-4-6-10-24(37)11-7-9-19-30(32,33)31(34,35)36/h8,12-18,20,22,38-39H,2-7,9-11,19,21H2,1H3. The van der Waals surface area contributed by atoms with Crippen molar-refractivity contribution in [3.8, 4) is 17.2 Å². The van der Waals surface area contributed by atoms with Crippen molar-refractivity contribution in [3.05, 3.63) is 65.7 Å². The molecule has 2 aromatic rings. The number of benzene rings is 2. The van der Waals surface area contributed by atoms with Crippen LogP contribution < -0.4 is 4.74 Å².